The summed E-state index contributed by atoms with van der Waals surface area (Å²) in [6.07, 6.45) is 3.73. The minimum atomic E-state index is -0.0981. The Morgan fingerprint density at radius 2 is 1.97 bits per heavy atom. The number of carbonyl (C=O) groups is 2. The van der Waals surface area contributed by atoms with E-state index in [9.17, 15) is 9.59 Å². The van der Waals surface area contributed by atoms with Crippen LogP contribution in [0.2, 0.25) is 5.02 Å². The minimum Gasteiger partial charge on any atom is -0.459 e. The molecular formula is C21H25ClN4O3S. The van der Waals surface area contributed by atoms with E-state index in [0.29, 0.717) is 49.1 Å². The Labute approximate surface area is 186 Å². The maximum Gasteiger partial charge on any atom is 0.289 e. The van der Waals surface area contributed by atoms with Crippen molar-refractivity contribution >= 4 is 52.1 Å². The number of unbranched alkanes of at least 4 members (excludes halogenated alkanes) is 1. The highest BCUT2D eigenvalue weighted by atomic mass is 35.5. The van der Waals surface area contributed by atoms with E-state index >= 15 is 0 Å². The van der Waals surface area contributed by atoms with Gasteiger partial charge >= 0.3 is 0 Å². The largest absolute Gasteiger partial charge is 0.459 e. The molecule has 1 aliphatic rings. The highest BCUT2D eigenvalue weighted by Crippen LogP contribution is 2.30. The van der Waals surface area contributed by atoms with Gasteiger partial charge in [0.2, 0.25) is 5.91 Å². The molecule has 30 heavy (non-hydrogen) atoms. The molecule has 3 rings (SSSR count). The van der Waals surface area contributed by atoms with Crippen molar-refractivity contribution in [3.8, 4) is 0 Å². The molecule has 0 unspecified atom stereocenters. The number of amides is 2. The number of hydrogen-bond donors (Lipinski definition) is 2. The van der Waals surface area contributed by atoms with Crippen LogP contribution in [0.25, 0.3) is 0 Å². The summed E-state index contributed by atoms with van der Waals surface area (Å²) in [7, 11) is 0. The number of anilines is 2. The molecule has 0 bridgehead atoms. The van der Waals surface area contributed by atoms with Crippen LogP contribution < -0.4 is 15.5 Å². The first-order valence-electron chi connectivity index (χ1n) is 9.96. The second-order valence-electron chi connectivity index (χ2n) is 7.03. The summed E-state index contributed by atoms with van der Waals surface area (Å²) in [5, 5.41) is 6.49. The van der Waals surface area contributed by atoms with Crippen molar-refractivity contribution in [2.75, 3.05) is 36.4 Å². The number of thiocarbonyl (C=S) groups is 1. The Morgan fingerprint density at radius 3 is 2.60 bits per heavy atom. The van der Waals surface area contributed by atoms with E-state index in [2.05, 4.69) is 15.5 Å². The van der Waals surface area contributed by atoms with E-state index in [0.717, 1.165) is 18.5 Å². The average molecular weight is 449 g/mol. The predicted octanol–water partition coefficient (Wildman–Crippen LogP) is 3.90. The van der Waals surface area contributed by atoms with Gasteiger partial charge < -0.3 is 24.9 Å². The Balaban J connectivity index is 1.54. The molecule has 2 aromatic rings. The molecule has 1 saturated heterocycles. The van der Waals surface area contributed by atoms with Gasteiger partial charge in [-0.05, 0) is 49.0 Å². The molecule has 7 nitrogen and oxygen atoms in total. The van der Waals surface area contributed by atoms with Crippen LogP contribution in [-0.2, 0) is 4.79 Å². The van der Waals surface area contributed by atoms with Crippen LogP contribution >= 0.6 is 23.8 Å². The number of piperazine rings is 1. The monoisotopic (exact) mass is 448 g/mol. The fourth-order valence-electron chi connectivity index (χ4n) is 3.24. The van der Waals surface area contributed by atoms with Gasteiger partial charge in [0.25, 0.3) is 5.91 Å². The summed E-state index contributed by atoms with van der Waals surface area (Å²) in [4.78, 5) is 28.1. The predicted molar refractivity (Wildman–Crippen MR) is 122 cm³/mol. The molecular weight excluding hydrogens is 424 g/mol. The number of carbonyl (C=O) groups excluding carboxylic acids is 2. The van der Waals surface area contributed by atoms with Crippen molar-refractivity contribution in [2.45, 2.75) is 26.2 Å². The van der Waals surface area contributed by atoms with Crippen molar-refractivity contribution in [1.82, 2.24) is 10.2 Å². The Morgan fingerprint density at radius 1 is 1.20 bits per heavy atom. The van der Waals surface area contributed by atoms with Gasteiger partial charge in [-0.1, -0.05) is 24.9 Å². The van der Waals surface area contributed by atoms with Crippen LogP contribution in [0.1, 0.15) is 36.7 Å². The summed E-state index contributed by atoms with van der Waals surface area (Å²) in [5.41, 5.74) is 1.60. The molecule has 0 atom stereocenters. The third kappa shape index (κ3) is 5.73. The number of benzene rings is 1. The molecule has 2 amide bonds. The van der Waals surface area contributed by atoms with Crippen molar-refractivity contribution in [1.29, 1.82) is 0 Å². The molecule has 0 aliphatic carbocycles. The molecule has 160 valence electrons. The maximum absolute atomic E-state index is 12.4. The third-order valence-electron chi connectivity index (χ3n) is 4.86. The van der Waals surface area contributed by atoms with E-state index in [1.807, 2.05) is 19.1 Å². The molecule has 2 heterocycles. The Kier molecular flexibility index (Phi) is 7.70. The first-order chi connectivity index (χ1) is 14.5. The van der Waals surface area contributed by atoms with Gasteiger partial charge in [0.05, 0.1) is 17.0 Å². The fraction of sp³-hybridized carbons (Fsp3) is 0.381. The maximum atomic E-state index is 12.4. The lowest BCUT2D eigenvalue weighted by Crippen LogP contribution is -2.48. The molecule has 0 spiro atoms. The van der Waals surface area contributed by atoms with Gasteiger partial charge in [-0.25, -0.2) is 0 Å². The number of hydrogen-bond acceptors (Lipinski definition) is 5. The first kappa shape index (κ1) is 22.1. The number of nitrogens with zero attached hydrogens (tertiary/aromatic N) is 2. The number of rotatable bonds is 6. The molecule has 0 radical (unpaired) electrons. The van der Waals surface area contributed by atoms with E-state index in [1.54, 1.807) is 23.1 Å². The van der Waals surface area contributed by atoms with Gasteiger partial charge in [0.1, 0.15) is 0 Å². The summed E-state index contributed by atoms with van der Waals surface area (Å²) in [5.74, 6) is 0.161. The van der Waals surface area contributed by atoms with Gasteiger partial charge in [-0.3, -0.25) is 9.59 Å². The van der Waals surface area contributed by atoms with Crippen LogP contribution in [0.4, 0.5) is 11.4 Å². The van der Waals surface area contributed by atoms with Gasteiger partial charge in [0, 0.05) is 38.3 Å². The van der Waals surface area contributed by atoms with Crippen LogP contribution in [0.3, 0.4) is 0 Å². The molecule has 1 fully saturated rings. The van der Waals surface area contributed by atoms with E-state index < -0.39 is 0 Å². The van der Waals surface area contributed by atoms with Gasteiger partial charge in [-0.15, -0.1) is 0 Å². The molecule has 1 aromatic carbocycles. The van der Waals surface area contributed by atoms with Crippen LogP contribution in [0.5, 0.6) is 0 Å². The quantitative estimate of drug-likeness (QED) is 0.652. The zero-order valence-corrected chi connectivity index (χ0v) is 18.4. The van der Waals surface area contributed by atoms with Crippen molar-refractivity contribution in [2.24, 2.45) is 0 Å². The molecule has 0 saturated carbocycles. The smallest absolute Gasteiger partial charge is 0.289 e. The zero-order valence-electron chi connectivity index (χ0n) is 16.8. The SMILES string of the molecule is CCCCC(=O)NC(=S)Nc1ccc(N2CCN(C(=O)c3ccco3)CC2)c(Cl)c1. The number of halogens is 1. The molecule has 1 aromatic heterocycles. The van der Waals surface area contributed by atoms with Gasteiger partial charge in [0.15, 0.2) is 10.9 Å². The summed E-state index contributed by atoms with van der Waals surface area (Å²) >= 11 is 11.7. The summed E-state index contributed by atoms with van der Waals surface area (Å²) in [6, 6.07) is 8.94. The highest BCUT2D eigenvalue weighted by molar-refractivity contribution is 7.80. The van der Waals surface area contributed by atoms with E-state index in [-0.39, 0.29) is 16.9 Å². The van der Waals surface area contributed by atoms with Crippen LogP contribution in [0, 0.1) is 0 Å². The third-order valence-corrected chi connectivity index (χ3v) is 5.36. The fourth-order valence-corrected chi connectivity index (χ4v) is 3.77. The Hall–Kier alpha value is -2.58. The van der Waals surface area contributed by atoms with E-state index in [1.165, 1.54) is 6.26 Å². The van der Waals surface area contributed by atoms with Crippen LogP contribution in [0.15, 0.2) is 41.0 Å². The van der Waals surface area contributed by atoms with Crippen molar-refractivity contribution in [3.05, 3.63) is 47.4 Å². The standard InChI is InChI=1S/C21H25ClN4O3S/c1-2-3-6-19(27)24-21(30)23-15-7-8-17(16(22)14-15)25-9-11-26(12-10-25)20(28)18-5-4-13-29-18/h4-5,7-8,13-14H,2-3,6,9-12H2,1H3,(H2,23,24,27,30). The topological polar surface area (TPSA) is 77.8 Å². The van der Waals surface area contributed by atoms with Crippen molar-refractivity contribution in [3.63, 3.8) is 0 Å². The second-order valence-corrected chi connectivity index (χ2v) is 7.84. The van der Waals surface area contributed by atoms with Crippen LogP contribution in [-0.4, -0.2) is 48.0 Å². The average Bonchev–Trinajstić information content (AvgIpc) is 3.27. The first-order valence-corrected chi connectivity index (χ1v) is 10.7. The van der Waals surface area contributed by atoms with E-state index in [4.69, 9.17) is 28.2 Å². The summed E-state index contributed by atoms with van der Waals surface area (Å²) in [6.45, 7) is 4.55. The lowest BCUT2D eigenvalue weighted by Gasteiger charge is -2.36. The molecule has 2 N–H and O–H groups in total. The molecule has 1 aliphatic heterocycles. The number of nitrogens with one attached hydrogen (secondary N) is 2. The van der Waals surface area contributed by atoms with Crippen molar-refractivity contribution < 1.29 is 14.0 Å². The Bertz CT molecular complexity index is 896. The lowest BCUT2D eigenvalue weighted by atomic mass is 10.2. The lowest BCUT2D eigenvalue weighted by molar-refractivity contribution is -0.119. The molecule has 9 heteroatoms. The number of furan rings is 1. The highest BCUT2D eigenvalue weighted by Gasteiger charge is 2.24. The van der Waals surface area contributed by atoms with Gasteiger partial charge in [-0.2, -0.15) is 0 Å². The minimum absolute atomic E-state index is 0.0974. The summed E-state index contributed by atoms with van der Waals surface area (Å²) < 4.78 is 5.20. The second kappa shape index (κ2) is 10.4. The normalized spacial score (nSPS) is 13.8. The zero-order chi connectivity index (χ0) is 21.5.